The van der Waals surface area contributed by atoms with Gasteiger partial charge in [-0.3, -0.25) is 4.79 Å². The molecule has 2 heterocycles. The lowest BCUT2D eigenvalue weighted by atomic mass is 10.1. The van der Waals surface area contributed by atoms with Crippen LogP contribution in [-0.2, 0) is 11.2 Å². The average molecular weight is 281 g/mol. The van der Waals surface area contributed by atoms with Crippen LogP contribution in [0, 0.1) is 6.92 Å². The number of fused-ring (bicyclic) bond motifs is 1. The summed E-state index contributed by atoms with van der Waals surface area (Å²) in [5, 5.41) is 3.84. The number of carbonyl (C=O) groups is 1. The molecular formula is C17H19N3O. The topological polar surface area (TPSA) is 57.8 Å². The Hall–Kier alpha value is -2.62. The van der Waals surface area contributed by atoms with Gasteiger partial charge in [0.2, 0.25) is 5.91 Å². The second-order valence-electron chi connectivity index (χ2n) is 4.81. The number of benzene rings is 1. The van der Waals surface area contributed by atoms with Gasteiger partial charge in [0, 0.05) is 17.8 Å². The zero-order valence-corrected chi connectivity index (χ0v) is 11.2. The highest BCUT2D eigenvalue weighted by Gasteiger charge is 2.08. The van der Waals surface area contributed by atoms with Crippen LogP contribution in [0.1, 0.15) is 18.6 Å². The largest absolute Gasteiger partial charge is 0.344 e. The highest BCUT2D eigenvalue weighted by atomic mass is 16.1. The Balaban J connectivity index is 0.00000161. The summed E-state index contributed by atoms with van der Waals surface area (Å²) in [5.41, 5.74) is 3.74. The maximum Gasteiger partial charge on any atom is 0.228 e. The summed E-state index contributed by atoms with van der Waals surface area (Å²) in [7, 11) is 0. The Morgan fingerprint density at radius 1 is 1.24 bits per heavy atom. The minimum atomic E-state index is -0.0291. The van der Waals surface area contributed by atoms with Crippen LogP contribution in [0.15, 0.2) is 48.8 Å². The number of nitrogens with zero attached hydrogens (tertiary/aromatic N) is 1. The van der Waals surface area contributed by atoms with E-state index in [0.29, 0.717) is 6.42 Å². The highest BCUT2D eigenvalue weighted by molar-refractivity contribution is 6.01. The van der Waals surface area contributed by atoms with Crippen molar-refractivity contribution in [2.24, 2.45) is 0 Å². The minimum Gasteiger partial charge on any atom is -0.344 e. The second-order valence-corrected chi connectivity index (χ2v) is 4.81. The molecule has 4 heteroatoms. The fourth-order valence-electron chi connectivity index (χ4n) is 2.15. The third-order valence-corrected chi connectivity index (χ3v) is 3.21. The summed E-state index contributed by atoms with van der Waals surface area (Å²) < 4.78 is 0. The number of H-pyrrole nitrogens is 1. The van der Waals surface area contributed by atoms with E-state index >= 15 is 0 Å². The first-order valence-corrected chi connectivity index (χ1v) is 6.50. The molecule has 4 nitrogen and oxygen atoms in total. The van der Waals surface area contributed by atoms with Crippen molar-refractivity contribution in [3.05, 3.63) is 59.9 Å². The molecule has 0 radical (unpaired) electrons. The van der Waals surface area contributed by atoms with Gasteiger partial charge in [-0.25, -0.2) is 4.98 Å². The van der Waals surface area contributed by atoms with Crippen molar-refractivity contribution in [1.29, 1.82) is 0 Å². The van der Waals surface area contributed by atoms with Gasteiger partial charge < -0.3 is 10.3 Å². The minimum absolute atomic E-state index is 0. The van der Waals surface area contributed by atoms with Gasteiger partial charge in [-0.15, -0.1) is 0 Å². The van der Waals surface area contributed by atoms with Crippen molar-refractivity contribution in [3.8, 4) is 0 Å². The summed E-state index contributed by atoms with van der Waals surface area (Å²) in [4.78, 5) is 19.3. The van der Waals surface area contributed by atoms with E-state index in [4.69, 9.17) is 0 Å². The van der Waals surface area contributed by atoms with Crippen LogP contribution < -0.4 is 5.32 Å². The number of rotatable bonds is 3. The molecule has 0 saturated heterocycles. The molecule has 108 valence electrons. The monoisotopic (exact) mass is 281 g/mol. The lowest BCUT2D eigenvalue weighted by Crippen LogP contribution is -2.14. The van der Waals surface area contributed by atoms with Crippen LogP contribution in [0.2, 0.25) is 0 Å². The molecule has 0 spiro atoms. The summed E-state index contributed by atoms with van der Waals surface area (Å²) in [6.45, 7) is 2.03. The zero-order chi connectivity index (χ0) is 13.9. The maximum atomic E-state index is 12.1. The molecule has 0 saturated carbocycles. The van der Waals surface area contributed by atoms with Gasteiger partial charge in [0.05, 0.1) is 12.1 Å². The standard InChI is InChI=1S/C16H15N3O.CH4/c1-11-4-6-12(7-5-11)9-15(20)19-14-10-18-16-13(14)3-2-8-17-16;/h2-8,10H,9H2,1H3,(H,17,18)(H,19,20);1H4. The highest BCUT2D eigenvalue weighted by Crippen LogP contribution is 2.20. The van der Waals surface area contributed by atoms with Crippen LogP contribution in [0.25, 0.3) is 11.0 Å². The first-order chi connectivity index (χ1) is 9.72. The van der Waals surface area contributed by atoms with Gasteiger partial charge in [-0.05, 0) is 24.6 Å². The van der Waals surface area contributed by atoms with Crippen LogP contribution in [0.4, 0.5) is 5.69 Å². The molecule has 2 aromatic heterocycles. The Labute approximate surface area is 124 Å². The van der Waals surface area contributed by atoms with E-state index in [9.17, 15) is 4.79 Å². The lowest BCUT2D eigenvalue weighted by Gasteiger charge is -2.04. The predicted octanol–water partition coefficient (Wildman–Crippen LogP) is 3.69. The van der Waals surface area contributed by atoms with E-state index in [1.54, 1.807) is 12.4 Å². The normalized spacial score (nSPS) is 10.1. The van der Waals surface area contributed by atoms with Gasteiger partial charge in [-0.1, -0.05) is 37.3 Å². The number of aryl methyl sites for hydroxylation is 1. The molecule has 0 atom stereocenters. The first kappa shape index (κ1) is 14.8. The number of aromatic nitrogens is 2. The molecule has 2 N–H and O–H groups in total. The van der Waals surface area contributed by atoms with E-state index in [1.165, 1.54) is 5.56 Å². The number of nitrogens with one attached hydrogen (secondary N) is 2. The molecule has 0 aliphatic rings. The Morgan fingerprint density at radius 2 is 2.00 bits per heavy atom. The molecule has 3 rings (SSSR count). The number of hydrogen-bond acceptors (Lipinski definition) is 2. The number of hydrogen-bond donors (Lipinski definition) is 2. The third-order valence-electron chi connectivity index (χ3n) is 3.21. The van der Waals surface area contributed by atoms with Gasteiger partial charge >= 0.3 is 0 Å². The maximum absolute atomic E-state index is 12.1. The number of amides is 1. The second kappa shape index (κ2) is 6.22. The van der Waals surface area contributed by atoms with Crippen molar-refractivity contribution in [2.75, 3.05) is 5.32 Å². The van der Waals surface area contributed by atoms with Crippen LogP contribution in [0.5, 0.6) is 0 Å². The van der Waals surface area contributed by atoms with Gasteiger partial charge in [0.1, 0.15) is 5.65 Å². The number of anilines is 1. The number of carbonyl (C=O) groups excluding carboxylic acids is 1. The molecule has 1 aromatic carbocycles. The molecule has 3 aromatic rings. The van der Waals surface area contributed by atoms with Crippen LogP contribution >= 0.6 is 0 Å². The van der Waals surface area contributed by atoms with Crippen molar-refractivity contribution < 1.29 is 4.79 Å². The SMILES string of the molecule is C.Cc1ccc(CC(=O)Nc2c[nH]c3ncccc23)cc1. The molecule has 1 amide bonds. The van der Waals surface area contributed by atoms with Crippen LogP contribution in [0.3, 0.4) is 0 Å². The van der Waals surface area contributed by atoms with Crippen molar-refractivity contribution >= 4 is 22.6 Å². The molecule has 21 heavy (non-hydrogen) atoms. The Bertz CT molecular complexity index is 744. The lowest BCUT2D eigenvalue weighted by molar-refractivity contribution is -0.115. The van der Waals surface area contributed by atoms with E-state index in [0.717, 1.165) is 22.3 Å². The fourth-order valence-corrected chi connectivity index (χ4v) is 2.15. The third kappa shape index (κ3) is 3.28. The van der Waals surface area contributed by atoms with E-state index in [2.05, 4.69) is 15.3 Å². The smallest absolute Gasteiger partial charge is 0.228 e. The number of aromatic amines is 1. The molecule has 0 fully saturated rings. The zero-order valence-electron chi connectivity index (χ0n) is 11.2. The number of pyridine rings is 1. The Kier molecular flexibility index (Phi) is 4.38. The van der Waals surface area contributed by atoms with Crippen LogP contribution in [-0.4, -0.2) is 15.9 Å². The summed E-state index contributed by atoms with van der Waals surface area (Å²) in [6.07, 6.45) is 3.86. The first-order valence-electron chi connectivity index (χ1n) is 6.50. The molecule has 0 bridgehead atoms. The van der Waals surface area contributed by atoms with Gasteiger partial charge in [0.15, 0.2) is 0 Å². The molecule has 0 aliphatic carbocycles. The van der Waals surface area contributed by atoms with Crippen molar-refractivity contribution in [1.82, 2.24) is 9.97 Å². The predicted molar refractivity (Wildman–Crippen MR) is 86.3 cm³/mol. The summed E-state index contributed by atoms with van der Waals surface area (Å²) in [5.74, 6) is -0.0291. The average Bonchev–Trinajstić information content (AvgIpc) is 2.85. The van der Waals surface area contributed by atoms with E-state index in [1.807, 2.05) is 43.3 Å². The summed E-state index contributed by atoms with van der Waals surface area (Å²) in [6, 6.07) is 11.8. The van der Waals surface area contributed by atoms with Gasteiger partial charge in [0.25, 0.3) is 0 Å². The molecule has 0 unspecified atom stereocenters. The summed E-state index contributed by atoms with van der Waals surface area (Å²) >= 11 is 0. The Morgan fingerprint density at radius 3 is 2.76 bits per heavy atom. The molecule has 0 aliphatic heterocycles. The van der Waals surface area contributed by atoms with Crippen molar-refractivity contribution in [2.45, 2.75) is 20.8 Å². The fraction of sp³-hybridized carbons (Fsp3) is 0.176. The van der Waals surface area contributed by atoms with E-state index in [-0.39, 0.29) is 13.3 Å². The van der Waals surface area contributed by atoms with Gasteiger partial charge in [-0.2, -0.15) is 0 Å². The quantitative estimate of drug-likeness (QED) is 0.769. The van der Waals surface area contributed by atoms with Crippen molar-refractivity contribution in [3.63, 3.8) is 0 Å². The molecular weight excluding hydrogens is 262 g/mol. The van der Waals surface area contributed by atoms with E-state index < -0.39 is 0 Å².